The van der Waals surface area contributed by atoms with Crippen LogP contribution in [0.4, 0.5) is 4.79 Å². The van der Waals surface area contributed by atoms with Crippen LogP contribution in [0.1, 0.15) is 66.7 Å². The number of primary amides is 2. The third-order valence-electron chi connectivity index (χ3n) is 4.54. The smallest absolute Gasteiger partial charge is 0.312 e. The van der Waals surface area contributed by atoms with Gasteiger partial charge in [0.15, 0.2) is 5.78 Å². The number of nitrogens with one attached hydrogen (secondary N) is 3. The van der Waals surface area contributed by atoms with E-state index < -0.39 is 54.1 Å². The van der Waals surface area contributed by atoms with Crippen LogP contribution in [0.25, 0.3) is 0 Å². The van der Waals surface area contributed by atoms with E-state index in [9.17, 15) is 33.6 Å². The van der Waals surface area contributed by atoms with Crippen LogP contribution in [0.5, 0.6) is 0 Å². The van der Waals surface area contributed by atoms with Gasteiger partial charge in [-0.15, -0.1) is 13.2 Å². The Morgan fingerprint density at radius 2 is 1.45 bits per heavy atom. The summed E-state index contributed by atoms with van der Waals surface area (Å²) < 4.78 is 0. The number of Topliss-reactive ketones (excluding diaryl/α,β-unsaturated/α-hetero) is 1. The lowest BCUT2D eigenvalue weighted by Gasteiger charge is -2.22. The summed E-state index contributed by atoms with van der Waals surface area (Å²) in [4.78, 5) is 83.1. The number of imide groups is 1. The van der Waals surface area contributed by atoms with Gasteiger partial charge in [0, 0.05) is 38.1 Å². The van der Waals surface area contributed by atoms with Crippen molar-refractivity contribution in [3.05, 3.63) is 25.3 Å². The highest BCUT2D eigenvalue weighted by molar-refractivity contribution is 6.13. The fourth-order valence-electron chi connectivity index (χ4n) is 2.89. The Labute approximate surface area is 224 Å². The molecule has 1 heterocycles. The molecule has 1 aliphatic heterocycles. The van der Waals surface area contributed by atoms with Gasteiger partial charge in [0.1, 0.15) is 6.04 Å². The summed E-state index contributed by atoms with van der Waals surface area (Å²) in [7, 11) is 0. The van der Waals surface area contributed by atoms with Gasteiger partial charge in [-0.25, -0.2) is 4.79 Å². The summed E-state index contributed by atoms with van der Waals surface area (Å²) in [5.41, 5.74) is 10.1. The Morgan fingerprint density at radius 1 is 0.921 bits per heavy atom. The maximum Gasteiger partial charge on any atom is 0.312 e. The van der Waals surface area contributed by atoms with Gasteiger partial charge in [-0.3, -0.25) is 33.7 Å². The normalized spacial score (nSPS) is 12.7. The van der Waals surface area contributed by atoms with Crippen molar-refractivity contribution < 1.29 is 33.6 Å². The third kappa shape index (κ3) is 16.6. The zero-order chi connectivity index (χ0) is 30.3. The molecule has 13 heteroatoms. The number of hydrogen-bond donors (Lipinski definition) is 5. The topological polar surface area (TPSA) is 211 Å². The fourth-order valence-corrected chi connectivity index (χ4v) is 2.89. The predicted molar refractivity (Wildman–Crippen MR) is 144 cm³/mol. The molecule has 38 heavy (non-hydrogen) atoms. The van der Waals surface area contributed by atoms with Crippen molar-refractivity contribution in [3.63, 3.8) is 0 Å². The molecule has 0 saturated heterocycles. The first kappa shape index (κ1) is 38.5. The molecule has 7 amide bonds. The first-order chi connectivity index (χ1) is 18.0. The Balaban J connectivity index is -0.00000190. The maximum atomic E-state index is 12.6. The lowest BCUT2D eigenvalue weighted by Crippen LogP contribution is -2.53. The number of ketones is 1. The number of urea groups is 1. The van der Waals surface area contributed by atoms with Crippen molar-refractivity contribution in [2.24, 2.45) is 11.5 Å². The average molecular weight is 541 g/mol. The van der Waals surface area contributed by atoms with Gasteiger partial charge in [0.25, 0.3) is 11.8 Å². The molecule has 0 aliphatic carbocycles. The van der Waals surface area contributed by atoms with E-state index in [4.69, 9.17) is 11.5 Å². The van der Waals surface area contributed by atoms with Crippen molar-refractivity contribution in [3.8, 4) is 0 Å². The molecule has 216 valence electrons. The highest BCUT2D eigenvalue weighted by Crippen LogP contribution is 2.06. The predicted octanol–water partition coefficient (Wildman–Crippen LogP) is 0.429. The Kier molecular flexibility index (Phi) is 23.7. The Bertz CT molecular complexity index is 811. The summed E-state index contributed by atoms with van der Waals surface area (Å²) in [5.74, 6) is -3.73. The summed E-state index contributed by atoms with van der Waals surface area (Å²) in [6.45, 7) is 15.6. The van der Waals surface area contributed by atoms with E-state index in [1.165, 1.54) is 0 Å². The number of carbonyl (C=O) groups excluding carboxylic acids is 7. The van der Waals surface area contributed by atoms with Gasteiger partial charge >= 0.3 is 6.03 Å². The standard InChI is InChI=1S/C19H28N6O7.2C2H6.C2H4/c1-2-13(26)11(4-3-8-22-19(21)32)24-18(31)12(10-14(20)27)23-15(28)7-9-25-16(29)5-6-17(25)30;3*1-2/h5-6,11-12H,2-4,7-10H2,1H3,(H2,20,27)(H,23,28)(H,24,31)(H3,21,22,32);2*1-2H3;1-2H2/t11-,12-;;;/m0.../s1. The lowest BCUT2D eigenvalue weighted by atomic mass is 10.0. The molecule has 7 N–H and O–H groups in total. The number of amides is 7. The highest BCUT2D eigenvalue weighted by atomic mass is 16.2. The second-order valence-electron chi connectivity index (χ2n) is 7.02. The van der Waals surface area contributed by atoms with E-state index in [1.54, 1.807) is 6.92 Å². The maximum absolute atomic E-state index is 12.6. The zero-order valence-corrected chi connectivity index (χ0v) is 23.1. The van der Waals surface area contributed by atoms with E-state index in [-0.39, 0.29) is 38.1 Å². The van der Waals surface area contributed by atoms with Crippen LogP contribution < -0.4 is 27.4 Å². The molecule has 0 aromatic carbocycles. The molecule has 0 saturated carbocycles. The summed E-state index contributed by atoms with van der Waals surface area (Å²) in [6, 6.07) is -2.97. The minimum absolute atomic E-state index is 0.132. The van der Waals surface area contributed by atoms with E-state index >= 15 is 0 Å². The number of rotatable bonds is 14. The summed E-state index contributed by atoms with van der Waals surface area (Å²) >= 11 is 0. The number of nitrogens with zero attached hydrogens (tertiary/aromatic N) is 1. The van der Waals surface area contributed by atoms with E-state index in [0.717, 1.165) is 17.1 Å². The van der Waals surface area contributed by atoms with E-state index in [2.05, 4.69) is 29.1 Å². The van der Waals surface area contributed by atoms with Crippen molar-refractivity contribution in [2.75, 3.05) is 13.1 Å². The molecule has 0 fully saturated rings. The molecule has 0 aromatic rings. The van der Waals surface area contributed by atoms with Gasteiger partial charge in [-0.05, 0) is 12.8 Å². The third-order valence-corrected chi connectivity index (χ3v) is 4.54. The monoisotopic (exact) mass is 540 g/mol. The minimum atomic E-state index is -1.35. The van der Waals surface area contributed by atoms with Crippen LogP contribution in [-0.4, -0.2) is 71.4 Å². The number of hydrogen-bond acceptors (Lipinski definition) is 7. The number of carbonyl (C=O) groups is 7. The first-order valence-corrected chi connectivity index (χ1v) is 12.5. The molecule has 0 aromatic heterocycles. The van der Waals surface area contributed by atoms with Crippen LogP contribution in [0.3, 0.4) is 0 Å². The van der Waals surface area contributed by atoms with Crippen LogP contribution >= 0.6 is 0 Å². The van der Waals surface area contributed by atoms with Crippen molar-refractivity contribution in [1.29, 1.82) is 0 Å². The van der Waals surface area contributed by atoms with E-state index in [0.29, 0.717) is 6.42 Å². The SMILES string of the molecule is C=C.CC.CC.CCC(=O)[C@H](CCCNC(N)=O)NC(=O)[C@H](CC(N)=O)NC(=O)CCN1C(=O)C=CC1=O. The zero-order valence-electron chi connectivity index (χ0n) is 23.1. The van der Waals surface area contributed by atoms with Crippen LogP contribution in [-0.2, 0) is 28.8 Å². The second-order valence-corrected chi connectivity index (χ2v) is 7.02. The Morgan fingerprint density at radius 3 is 1.89 bits per heavy atom. The summed E-state index contributed by atoms with van der Waals surface area (Å²) in [5, 5.41) is 7.20. The molecule has 0 bridgehead atoms. The number of nitrogens with two attached hydrogens (primary N) is 2. The highest BCUT2D eigenvalue weighted by Gasteiger charge is 2.28. The summed E-state index contributed by atoms with van der Waals surface area (Å²) in [6.07, 6.45) is 2.02. The molecule has 2 atom stereocenters. The van der Waals surface area contributed by atoms with Gasteiger partial charge in [0.2, 0.25) is 17.7 Å². The molecular weight excluding hydrogens is 496 g/mol. The van der Waals surface area contributed by atoms with Gasteiger partial charge < -0.3 is 27.4 Å². The van der Waals surface area contributed by atoms with Gasteiger partial charge in [-0.2, -0.15) is 0 Å². The van der Waals surface area contributed by atoms with Crippen LogP contribution in [0, 0.1) is 0 Å². The van der Waals surface area contributed by atoms with Crippen LogP contribution in [0.15, 0.2) is 25.3 Å². The quantitative estimate of drug-likeness (QED) is 0.119. The molecule has 13 nitrogen and oxygen atoms in total. The van der Waals surface area contributed by atoms with Gasteiger partial charge in [0.05, 0.1) is 12.5 Å². The molecule has 1 aliphatic rings. The largest absolute Gasteiger partial charge is 0.370 e. The molecule has 0 radical (unpaired) electrons. The van der Waals surface area contributed by atoms with E-state index in [1.807, 2.05) is 27.7 Å². The van der Waals surface area contributed by atoms with Crippen molar-refractivity contribution >= 4 is 41.4 Å². The average Bonchev–Trinajstić information content (AvgIpc) is 3.23. The van der Waals surface area contributed by atoms with Crippen molar-refractivity contribution in [2.45, 2.75) is 78.8 Å². The first-order valence-electron chi connectivity index (χ1n) is 12.5. The second kappa shape index (κ2) is 23.4. The molecule has 0 spiro atoms. The molecule has 1 rings (SSSR count). The molecular formula is C25H44N6O7. The minimum Gasteiger partial charge on any atom is -0.370 e. The molecule has 0 unspecified atom stereocenters. The van der Waals surface area contributed by atoms with Crippen LogP contribution in [0.2, 0.25) is 0 Å². The fraction of sp³-hybridized carbons (Fsp3) is 0.560. The van der Waals surface area contributed by atoms with Gasteiger partial charge in [-0.1, -0.05) is 34.6 Å². The Hall–Kier alpha value is -4.03. The van der Waals surface area contributed by atoms with Crippen molar-refractivity contribution in [1.82, 2.24) is 20.9 Å². The lowest BCUT2D eigenvalue weighted by molar-refractivity contribution is -0.137.